The Labute approximate surface area is 180 Å². The van der Waals surface area contributed by atoms with Crippen molar-refractivity contribution in [2.45, 2.75) is 26.6 Å². The number of hydrogen-bond acceptors (Lipinski definition) is 4. The molecule has 0 bridgehead atoms. The molecule has 1 N–H and O–H groups in total. The van der Waals surface area contributed by atoms with E-state index in [-0.39, 0.29) is 0 Å². The lowest BCUT2D eigenvalue weighted by Gasteiger charge is -2.15. The van der Waals surface area contributed by atoms with E-state index in [1.165, 1.54) is 5.56 Å². The molecule has 0 heterocycles. The third kappa shape index (κ3) is 6.24. The van der Waals surface area contributed by atoms with E-state index < -0.39 is 0 Å². The first-order chi connectivity index (χ1) is 14.2. The minimum Gasteiger partial charge on any atom is -0.497 e. The molecule has 152 valence electrons. The Morgan fingerprint density at radius 1 is 0.828 bits per heavy atom. The van der Waals surface area contributed by atoms with Gasteiger partial charge < -0.3 is 19.5 Å². The SMILES string of the molecule is CCOc1cc(CNCc2ccc(OC)cc2)c(Br)cc1OCc1ccccc1. The molecule has 0 saturated carbocycles. The third-order valence-corrected chi connectivity index (χ3v) is 5.19. The molecule has 0 aliphatic rings. The predicted molar refractivity (Wildman–Crippen MR) is 120 cm³/mol. The molecular formula is C24H26BrNO3. The first-order valence-electron chi connectivity index (χ1n) is 9.65. The van der Waals surface area contributed by atoms with E-state index in [4.69, 9.17) is 14.2 Å². The zero-order valence-electron chi connectivity index (χ0n) is 16.8. The molecule has 0 aliphatic heterocycles. The smallest absolute Gasteiger partial charge is 0.162 e. The topological polar surface area (TPSA) is 39.7 Å². The fraction of sp³-hybridized carbons (Fsp3) is 0.250. The number of rotatable bonds is 10. The highest BCUT2D eigenvalue weighted by Crippen LogP contribution is 2.34. The van der Waals surface area contributed by atoms with Gasteiger partial charge in [0.1, 0.15) is 12.4 Å². The van der Waals surface area contributed by atoms with Crippen LogP contribution in [0.25, 0.3) is 0 Å². The monoisotopic (exact) mass is 455 g/mol. The van der Waals surface area contributed by atoms with Gasteiger partial charge in [-0.1, -0.05) is 58.4 Å². The molecule has 0 atom stereocenters. The Kier molecular flexibility index (Phi) is 7.96. The van der Waals surface area contributed by atoms with Gasteiger partial charge >= 0.3 is 0 Å². The highest BCUT2D eigenvalue weighted by Gasteiger charge is 2.11. The fourth-order valence-electron chi connectivity index (χ4n) is 2.91. The number of ether oxygens (including phenoxy) is 3. The molecule has 0 radical (unpaired) electrons. The maximum Gasteiger partial charge on any atom is 0.162 e. The van der Waals surface area contributed by atoms with Crippen LogP contribution in [0, 0.1) is 0 Å². The van der Waals surface area contributed by atoms with Crippen molar-refractivity contribution in [3.63, 3.8) is 0 Å². The van der Waals surface area contributed by atoms with Crippen molar-refractivity contribution in [1.82, 2.24) is 5.32 Å². The molecule has 0 fully saturated rings. The summed E-state index contributed by atoms with van der Waals surface area (Å²) in [6.45, 7) is 4.55. The van der Waals surface area contributed by atoms with Crippen molar-refractivity contribution in [3.8, 4) is 17.2 Å². The van der Waals surface area contributed by atoms with Gasteiger partial charge in [-0.25, -0.2) is 0 Å². The summed E-state index contributed by atoms with van der Waals surface area (Å²) in [5, 5.41) is 3.48. The van der Waals surface area contributed by atoms with Gasteiger partial charge in [0.15, 0.2) is 11.5 Å². The van der Waals surface area contributed by atoms with Crippen LogP contribution in [0.2, 0.25) is 0 Å². The molecule has 0 unspecified atom stereocenters. The lowest BCUT2D eigenvalue weighted by atomic mass is 10.1. The second-order valence-electron chi connectivity index (χ2n) is 6.55. The lowest BCUT2D eigenvalue weighted by Crippen LogP contribution is -2.13. The van der Waals surface area contributed by atoms with Crippen LogP contribution >= 0.6 is 15.9 Å². The van der Waals surface area contributed by atoms with Crippen LogP contribution in [0.15, 0.2) is 71.2 Å². The van der Waals surface area contributed by atoms with Gasteiger partial charge in [-0.15, -0.1) is 0 Å². The van der Waals surface area contributed by atoms with Crippen LogP contribution in [0.3, 0.4) is 0 Å². The van der Waals surface area contributed by atoms with Crippen molar-refractivity contribution < 1.29 is 14.2 Å². The molecule has 0 saturated heterocycles. The van der Waals surface area contributed by atoms with Crippen LogP contribution < -0.4 is 19.5 Å². The maximum absolute atomic E-state index is 6.02. The van der Waals surface area contributed by atoms with Gasteiger partial charge in [-0.05, 0) is 47.9 Å². The van der Waals surface area contributed by atoms with Crippen molar-refractivity contribution >= 4 is 15.9 Å². The Balaban J connectivity index is 1.64. The third-order valence-electron chi connectivity index (χ3n) is 4.45. The zero-order valence-corrected chi connectivity index (χ0v) is 18.4. The molecule has 3 aromatic rings. The quantitative estimate of drug-likeness (QED) is 0.423. The number of hydrogen-bond donors (Lipinski definition) is 1. The zero-order chi connectivity index (χ0) is 20.5. The normalized spacial score (nSPS) is 10.6. The van der Waals surface area contributed by atoms with E-state index in [1.54, 1.807) is 7.11 Å². The highest BCUT2D eigenvalue weighted by molar-refractivity contribution is 9.10. The summed E-state index contributed by atoms with van der Waals surface area (Å²) < 4.78 is 18.0. The van der Waals surface area contributed by atoms with Gasteiger partial charge in [0.05, 0.1) is 13.7 Å². The molecule has 3 aromatic carbocycles. The minimum absolute atomic E-state index is 0.502. The molecule has 0 amide bonds. The van der Waals surface area contributed by atoms with Gasteiger partial charge in [-0.2, -0.15) is 0 Å². The summed E-state index contributed by atoms with van der Waals surface area (Å²) >= 11 is 3.67. The standard InChI is InChI=1S/C24H26BrNO3/c1-3-28-23-13-20(16-26-15-18-9-11-21(27-2)12-10-18)22(25)14-24(23)29-17-19-7-5-4-6-8-19/h4-14,26H,3,15-17H2,1-2H3. The van der Waals surface area contributed by atoms with Gasteiger partial charge in [0, 0.05) is 17.6 Å². The first-order valence-corrected chi connectivity index (χ1v) is 10.4. The van der Waals surface area contributed by atoms with Gasteiger partial charge in [0.2, 0.25) is 0 Å². The maximum atomic E-state index is 6.02. The van der Waals surface area contributed by atoms with Crippen molar-refractivity contribution in [2.75, 3.05) is 13.7 Å². The summed E-state index contributed by atoms with van der Waals surface area (Å²) in [5.41, 5.74) is 3.44. The molecule has 5 heteroatoms. The van der Waals surface area contributed by atoms with Crippen LogP contribution in [0.4, 0.5) is 0 Å². The molecule has 0 aromatic heterocycles. The van der Waals surface area contributed by atoms with E-state index in [2.05, 4.69) is 33.4 Å². The van der Waals surface area contributed by atoms with E-state index in [9.17, 15) is 0 Å². The number of methoxy groups -OCH3 is 1. The molecule has 4 nitrogen and oxygen atoms in total. The van der Waals surface area contributed by atoms with Crippen LogP contribution in [-0.4, -0.2) is 13.7 Å². The second kappa shape index (κ2) is 10.9. The van der Waals surface area contributed by atoms with Crippen LogP contribution in [0.5, 0.6) is 17.2 Å². The lowest BCUT2D eigenvalue weighted by molar-refractivity contribution is 0.269. The fourth-order valence-corrected chi connectivity index (χ4v) is 3.38. The average Bonchev–Trinajstić information content (AvgIpc) is 2.76. The van der Waals surface area contributed by atoms with Crippen LogP contribution in [0.1, 0.15) is 23.6 Å². The predicted octanol–water partition coefficient (Wildman–Crippen LogP) is 5.73. The molecular weight excluding hydrogens is 430 g/mol. The number of halogens is 1. The molecule has 0 aliphatic carbocycles. The summed E-state index contributed by atoms with van der Waals surface area (Å²) in [7, 11) is 1.67. The van der Waals surface area contributed by atoms with Crippen LogP contribution in [-0.2, 0) is 19.7 Å². The van der Waals surface area contributed by atoms with E-state index in [0.717, 1.165) is 39.4 Å². The van der Waals surface area contributed by atoms with E-state index in [0.29, 0.717) is 19.8 Å². The van der Waals surface area contributed by atoms with E-state index in [1.807, 2.05) is 61.5 Å². The van der Waals surface area contributed by atoms with Crippen molar-refractivity contribution in [1.29, 1.82) is 0 Å². The molecule has 3 rings (SSSR count). The number of benzene rings is 3. The highest BCUT2D eigenvalue weighted by atomic mass is 79.9. The molecule has 29 heavy (non-hydrogen) atoms. The average molecular weight is 456 g/mol. The summed E-state index contributed by atoms with van der Waals surface area (Å²) in [5.74, 6) is 2.36. The van der Waals surface area contributed by atoms with Gasteiger partial charge in [-0.3, -0.25) is 0 Å². The largest absolute Gasteiger partial charge is 0.497 e. The van der Waals surface area contributed by atoms with E-state index >= 15 is 0 Å². The molecule has 0 spiro atoms. The van der Waals surface area contributed by atoms with Gasteiger partial charge in [0.25, 0.3) is 0 Å². The first kappa shape index (κ1) is 21.2. The van der Waals surface area contributed by atoms with Crippen molar-refractivity contribution in [3.05, 3.63) is 87.9 Å². The summed E-state index contributed by atoms with van der Waals surface area (Å²) in [6, 6.07) is 22.2. The Hall–Kier alpha value is -2.50. The van der Waals surface area contributed by atoms with Crippen molar-refractivity contribution in [2.24, 2.45) is 0 Å². The second-order valence-corrected chi connectivity index (χ2v) is 7.40. The summed E-state index contributed by atoms with van der Waals surface area (Å²) in [6.07, 6.45) is 0. The minimum atomic E-state index is 0.502. The number of nitrogens with one attached hydrogen (secondary N) is 1. The summed E-state index contributed by atoms with van der Waals surface area (Å²) in [4.78, 5) is 0. The Morgan fingerprint density at radius 2 is 1.55 bits per heavy atom. The Bertz CT molecular complexity index is 898. The Morgan fingerprint density at radius 3 is 2.24 bits per heavy atom.